The number of esters is 1. The van der Waals surface area contributed by atoms with E-state index >= 15 is 0 Å². The summed E-state index contributed by atoms with van der Waals surface area (Å²) in [5.41, 5.74) is 1.42. The van der Waals surface area contributed by atoms with Gasteiger partial charge in [0.25, 0.3) is 0 Å². The second-order valence-corrected chi connectivity index (χ2v) is 5.15. The predicted octanol–water partition coefficient (Wildman–Crippen LogP) is 3.83. The Morgan fingerprint density at radius 3 is 2.48 bits per heavy atom. The number of rotatable bonds is 2. The van der Waals surface area contributed by atoms with E-state index in [0.29, 0.717) is 27.8 Å². The maximum absolute atomic E-state index is 13.3. The molecule has 2 aromatic carbocycles. The number of fused-ring (bicyclic) bond motifs is 1. The molecule has 0 radical (unpaired) electrons. The van der Waals surface area contributed by atoms with Crippen LogP contribution in [0.25, 0.3) is 22.1 Å². The fourth-order valence-corrected chi connectivity index (χ4v) is 2.52. The van der Waals surface area contributed by atoms with Crippen LogP contribution in [0.1, 0.15) is 12.5 Å². The molecule has 0 fully saturated rings. The smallest absolute Gasteiger partial charge is 0.344 e. The molecule has 3 rings (SSSR count). The van der Waals surface area contributed by atoms with Crippen molar-refractivity contribution in [1.29, 1.82) is 0 Å². The quantitative estimate of drug-likeness (QED) is 0.410. The molecular weight excluding hydrogens is 299 g/mol. The number of ether oxygens (including phenoxy) is 1. The van der Waals surface area contributed by atoms with Crippen molar-refractivity contribution < 1.29 is 18.3 Å². The van der Waals surface area contributed by atoms with E-state index in [1.165, 1.54) is 19.1 Å². The van der Waals surface area contributed by atoms with Crippen molar-refractivity contribution in [3.63, 3.8) is 0 Å². The second kappa shape index (κ2) is 5.68. The minimum absolute atomic E-state index is 0.216. The average Bonchev–Trinajstić information content (AvgIpc) is 2.48. The largest absolute Gasteiger partial charge is 0.427 e. The first-order valence-corrected chi connectivity index (χ1v) is 6.97. The van der Waals surface area contributed by atoms with E-state index in [-0.39, 0.29) is 5.58 Å². The zero-order valence-corrected chi connectivity index (χ0v) is 12.6. The van der Waals surface area contributed by atoms with Gasteiger partial charge in [0.15, 0.2) is 0 Å². The Hall–Kier alpha value is -2.95. The molecule has 4 nitrogen and oxygen atoms in total. The first-order valence-electron chi connectivity index (χ1n) is 6.97. The number of halogens is 1. The van der Waals surface area contributed by atoms with E-state index in [1.807, 2.05) is 0 Å². The van der Waals surface area contributed by atoms with Gasteiger partial charge in [0.05, 0.1) is 5.56 Å². The van der Waals surface area contributed by atoms with Gasteiger partial charge in [0, 0.05) is 18.4 Å². The lowest BCUT2D eigenvalue weighted by atomic mass is 9.99. The molecular formula is C18H13FO4. The molecule has 3 aromatic rings. The first-order chi connectivity index (χ1) is 11.0. The summed E-state index contributed by atoms with van der Waals surface area (Å²) >= 11 is 0. The molecule has 116 valence electrons. The van der Waals surface area contributed by atoms with E-state index < -0.39 is 17.4 Å². The van der Waals surface area contributed by atoms with Crippen LogP contribution in [0.2, 0.25) is 0 Å². The summed E-state index contributed by atoms with van der Waals surface area (Å²) in [5.74, 6) is -0.481. The lowest BCUT2D eigenvalue weighted by molar-refractivity contribution is -0.131. The fourth-order valence-electron chi connectivity index (χ4n) is 2.52. The molecule has 0 aliphatic rings. The normalized spacial score (nSPS) is 10.7. The molecule has 23 heavy (non-hydrogen) atoms. The van der Waals surface area contributed by atoms with Crippen molar-refractivity contribution in [2.24, 2.45) is 0 Å². The zero-order valence-electron chi connectivity index (χ0n) is 12.6. The van der Waals surface area contributed by atoms with Gasteiger partial charge < -0.3 is 9.15 Å². The topological polar surface area (TPSA) is 56.5 Å². The van der Waals surface area contributed by atoms with Crippen molar-refractivity contribution in [2.45, 2.75) is 13.8 Å². The minimum Gasteiger partial charge on any atom is -0.427 e. The van der Waals surface area contributed by atoms with Crippen LogP contribution >= 0.6 is 0 Å². The summed E-state index contributed by atoms with van der Waals surface area (Å²) in [6.45, 7) is 3.10. The van der Waals surface area contributed by atoms with Gasteiger partial charge in [-0.25, -0.2) is 9.18 Å². The lowest BCUT2D eigenvalue weighted by Crippen LogP contribution is -2.06. The van der Waals surface area contributed by atoms with E-state index in [9.17, 15) is 14.0 Å². The Balaban J connectivity index is 2.14. The molecule has 5 heteroatoms. The molecule has 0 aliphatic carbocycles. The highest BCUT2D eigenvalue weighted by molar-refractivity contribution is 5.86. The third-order valence-electron chi connectivity index (χ3n) is 3.53. The first kappa shape index (κ1) is 15.0. The average molecular weight is 312 g/mol. The van der Waals surface area contributed by atoms with Crippen LogP contribution in [-0.2, 0) is 4.79 Å². The molecule has 0 aliphatic heterocycles. The Bertz CT molecular complexity index is 955. The van der Waals surface area contributed by atoms with Crippen LogP contribution in [0.3, 0.4) is 0 Å². The van der Waals surface area contributed by atoms with E-state index in [1.54, 1.807) is 37.3 Å². The zero-order chi connectivity index (χ0) is 16.6. The molecule has 0 unspecified atom stereocenters. The Morgan fingerprint density at radius 1 is 1.13 bits per heavy atom. The highest BCUT2D eigenvalue weighted by Gasteiger charge is 2.14. The van der Waals surface area contributed by atoms with Gasteiger partial charge in [-0.2, -0.15) is 0 Å². The number of carbonyl (C=O) groups is 1. The molecule has 0 bridgehead atoms. The molecule has 0 saturated carbocycles. The highest BCUT2D eigenvalue weighted by atomic mass is 19.1. The van der Waals surface area contributed by atoms with E-state index in [4.69, 9.17) is 9.15 Å². The van der Waals surface area contributed by atoms with Gasteiger partial charge >= 0.3 is 11.6 Å². The Kier molecular flexibility index (Phi) is 3.70. The summed E-state index contributed by atoms with van der Waals surface area (Å²) in [6.07, 6.45) is 0. The van der Waals surface area contributed by atoms with Crippen molar-refractivity contribution in [3.05, 3.63) is 64.3 Å². The molecule has 0 N–H and O–H groups in total. The Morgan fingerprint density at radius 2 is 1.83 bits per heavy atom. The van der Waals surface area contributed by atoms with Crippen LogP contribution in [0.5, 0.6) is 5.75 Å². The fraction of sp³-hybridized carbons (Fsp3) is 0.111. The molecule has 0 saturated heterocycles. The van der Waals surface area contributed by atoms with Crippen molar-refractivity contribution in [1.82, 2.24) is 0 Å². The van der Waals surface area contributed by atoms with Gasteiger partial charge in [-0.1, -0.05) is 12.1 Å². The summed E-state index contributed by atoms with van der Waals surface area (Å²) in [4.78, 5) is 23.2. The molecule has 0 atom stereocenters. The van der Waals surface area contributed by atoms with Crippen molar-refractivity contribution in [3.8, 4) is 16.9 Å². The molecule has 0 spiro atoms. The predicted molar refractivity (Wildman–Crippen MR) is 83.9 cm³/mol. The van der Waals surface area contributed by atoms with Crippen molar-refractivity contribution in [2.75, 3.05) is 0 Å². The SMILES string of the molecule is CC(=O)Oc1ccc(-c2c(C)c3ccc(F)cc3oc2=O)cc1. The standard InChI is InChI=1S/C18H13FO4/c1-10-15-8-5-13(19)9-16(15)23-18(21)17(10)12-3-6-14(7-4-12)22-11(2)20/h3-9H,1-2H3. The van der Waals surface area contributed by atoms with Crippen molar-refractivity contribution >= 4 is 16.9 Å². The van der Waals surface area contributed by atoms with Gasteiger partial charge in [-0.05, 0) is 42.3 Å². The maximum Gasteiger partial charge on any atom is 0.344 e. The van der Waals surface area contributed by atoms with Crippen LogP contribution < -0.4 is 10.4 Å². The summed E-state index contributed by atoms with van der Waals surface area (Å²) in [7, 11) is 0. The number of aryl methyl sites for hydroxylation is 1. The third kappa shape index (κ3) is 2.85. The molecule has 1 heterocycles. The third-order valence-corrected chi connectivity index (χ3v) is 3.53. The maximum atomic E-state index is 13.3. The van der Waals surface area contributed by atoms with Crippen LogP contribution in [0.15, 0.2) is 51.7 Å². The lowest BCUT2D eigenvalue weighted by Gasteiger charge is -2.08. The number of benzene rings is 2. The van der Waals surface area contributed by atoms with Crippen LogP contribution in [0, 0.1) is 12.7 Å². The second-order valence-electron chi connectivity index (χ2n) is 5.15. The van der Waals surface area contributed by atoms with Crippen LogP contribution in [-0.4, -0.2) is 5.97 Å². The van der Waals surface area contributed by atoms with Gasteiger partial charge in [0.2, 0.25) is 0 Å². The number of carbonyl (C=O) groups excluding carboxylic acids is 1. The number of hydrogen-bond donors (Lipinski definition) is 0. The molecule has 0 amide bonds. The minimum atomic E-state index is -0.541. The van der Waals surface area contributed by atoms with Gasteiger partial charge in [-0.3, -0.25) is 4.79 Å². The Labute approximate surface area is 131 Å². The van der Waals surface area contributed by atoms with Crippen LogP contribution in [0.4, 0.5) is 4.39 Å². The highest BCUT2D eigenvalue weighted by Crippen LogP contribution is 2.28. The summed E-state index contributed by atoms with van der Waals surface area (Å²) in [5, 5.41) is 0.671. The summed E-state index contributed by atoms with van der Waals surface area (Å²) in [6, 6.07) is 10.6. The van der Waals surface area contributed by atoms with E-state index in [2.05, 4.69) is 0 Å². The van der Waals surface area contributed by atoms with E-state index in [0.717, 1.165) is 0 Å². The van der Waals surface area contributed by atoms with Gasteiger partial charge in [-0.15, -0.1) is 0 Å². The number of hydrogen-bond acceptors (Lipinski definition) is 4. The molecule has 1 aromatic heterocycles. The monoisotopic (exact) mass is 312 g/mol. The van der Waals surface area contributed by atoms with Gasteiger partial charge in [0.1, 0.15) is 17.1 Å². The summed E-state index contributed by atoms with van der Waals surface area (Å²) < 4.78 is 23.5.